The minimum atomic E-state index is -0.204. The predicted octanol–water partition coefficient (Wildman–Crippen LogP) is 16.3. The molecule has 3 heteroatoms. The van der Waals surface area contributed by atoms with E-state index in [0.717, 1.165) is 0 Å². The SMILES string of the molecule is Cc1ccccc1N1B2c3cc4c(cc3N(c3ccc(C(C)(C)C)cc3-c3ccccc3)c3cc5ccccc5c(c32)-c2cccc(C3c5ccccc5-c5ccccc53)c21)-c1ccccc1C4(C)C. The summed E-state index contributed by atoms with van der Waals surface area (Å²) in [7, 11) is 0. The third-order valence-corrected chi connectivity index (χ3v) is 16.4. The molecule has 2 aliphatic carbocycles. The Bertz CT molecular complexity index is 3790. The minimum absolute atomic E-state index is 0.0407. The first-order chi connectivity index (χ1) is 34.1. The van der Waals surface area contributed by atoms with Crippen LogP contribution in [0.3, 0.4) is 0 Å². The van der Waals surface area contributed by atoms with Crippen molar-refractivity contribution in [2.24, 2.45) is 0 Å². The first-order valence-electron chi connectivity index (χ1n) is 25.1. The fourth-order valence-corrected chi connectivity index (χ4v) is 13.1. The van der Waals surface area contributed by atoms with Gasteiger partial charge < -0.3 is 9.71 Å². The molecule has 2 nitrogen and oxygen atoms in total. The van der Waals surface area contributed by atoms with Gasteiger partial charge in [0.25, 0.3) is 0 Å². The second-order valence-electron chi connectivity index (χ2n) is 21.6. The van der Waals surface area contributed by atoms with E-state index in [4.69, 9.17) is 0 Å². The van der Waals surface area contributed by atoms with Crippen molar-refractivity contribution >= 4 is 57.0 Å². The van der Waals surface area contributed by atoms with E-state index in [1.165, 1.54) is 134 Å². The lowest BCUT2D eigenvalue weighted by atomic mass is 9.42. The molecule has 14 rings (SSSR count). The maximum Gasteiger partial charge on any atom is 0.333 e. The first kappa shape index (κ1) is 41.1. The molecule has 2 heterocycles. The highest BCUT2D eigenvalue weighted by molar-refractivity contribution is 6.94. The quantitative estimate of drug-likeness (QED) is 0.162. The van der Waals surface area contributed by atoms with Crippen LogP contribution in [0.1, 0.15) is 79.5 Å². The van der Waals surface area contributed by atoms with E-state index < -0.39 is 0 Å². The van der Waals surface area contributed by atoms with E-state index in [-0.39, 0.29) is 23.6 Å². The van der Waals surface area contributed by atoms with E-state index in [1.54, 1.807) is 0 Å². The van der Waals surface area contributed by atoms with Crippen LogP contribution in [-0.2, 0) is 10.8 Å². The molecule has 0 fully saturated rings. The van der Waals surface area contributed by atoms with Crippen LogP contribution in [-0.4, -0.2) is 6.85 Å². The van der Waals surface area contributed by atoms with Crippen molar-refractivity contribution < 1.29 is 0 Å². The maximum absolute atomic E-state index is 2.78. The number of hydrogen-bond acceptors (Lipinski definition) is 2. The predicted molar refractivity (Wildman–Crippen MR) is 297 cm³/mol. The summed E-state index contributed by atoms with van der Waals surface area (Å²) in [6, 6.07) is 78.9. The lowest BCUT2D eigenvalue weighted by Gasteiger charge is -2.48. The summed E-state index contributed by atoms with van der Waals surface area (Å²) in [6.07, 6.45) is 0. The molecule has 0 saturated carbocycles. The van der Waals surface area contributed by atoms with E-state index in [2.05, 4.69) is 258 Å². The van der Waals surface area contributed by atoms with Gasteiger partial charge in [0.1, 0.15) is 0 Å². The monoisotopic (exact) mass is 896 g/mol. The zero-order chi connectivity index (χ0) is 47.2. The Hall–Kier alpha value is -7.88. The molecule has 0 radical (unpaired) electrons. The molecule has 334 valence electrons. The summed E-state index contributed by atoms with van der Waals surface area (Å²) < 4.78 is 0. The molecular weight excluding hydrogens is 844 g/mol. The minimum Gasteiger partial charge on any atom is -0.376 e. The van der Waals surface area contributed by atoms with Gasteiger partial charge in [-0.1, -0.05) is 211 Å². The summed E-state index contributed by atoms with van der Waals surface area (Å²) in [6.45, 7) is 14.0. The molecule has 10 aromatic carbocycles. The highest BCUT2D eigenvalue weighted by Crippen LogP contribution is 2.58. The number of para-hydroxylation sites is 2. The number of rotatable bonds is 4. The fourth-order valence-electron chi connectivity index (χ4n) is 13.1. The van der Waals surface area contributed by atoms with E-state index in [1.807, 2.05) is 0 Å². The highest BCUT2D eigenvalue weighted by Gasteiger charge is 2.50. The third kappa shape index (κ3) is 5.69. The molecular formula is C67H53BN2. The molecule has 10 aromatic rings. The highest BCUT2D eigenvalue weighted by atomic mass is 15.2. The van der Waals surface area contributed by atoms with Gasteiger partial charge in [-0.2, -0.15) is 0 Å². The van der Waals surface area contributed by atoms with Gasteiger partial charge in [0.05, 0.1) is 5.69 Å². The Morgan fingerprint density at radius 2 is 1.11 bits per heavy atom. The van der Waals surface area contributed by atoms with Gasteiger partial charge >= 0.3 is 6.85 Å². The smallest absolute Gasteiger partial charge is 0.333 e. The van der Waals surface area contributed by atoms with Crippen molar-refractivity contribution in [2.45, 2.75) is 58.3 Å². The van der Waals surface area contributed by atoms with Crippen molar-refractivity contribution in [1.82, 2.24) is 0 Å². The van der Waals surface area contributed by atoms with Gasteiger partial charge in [0, 0.05) is 45.2 Å². The normalized spacial score (nSPS) is 14.7. The van der Waals surface area contributed by atoms with Gasteiger partial charge in [0.15, 0.2) is 0 Å². The molecule has 0 aromatic heterocycles. The van der Waals surface area contributed by atoms with Crippen LogP contribution in [0.25, 0.3) is 55.3 Å². The van der Waals surface area contributed by atoms with Gasteiger partial charge in [0.2, 0.25) is 0 Å². The standard InChI is InChI=1S/C67H53BN2/c1-41-21-10-19-34-58(41)70-65-51(62-49-29-15-13-26-46(49)47-27-14-16-30-50(47)62)31-20-32-52(65)63-45-25-12-11-24-43(45)37-61-64(63)68(70)57-40-56-54(48-28-17-18-33-55(48)67(56,5)6)39-60(57)69(61)59-36-35-44(66(2,3)4)38-53(59)42-22-8-7-9-23-42/h7-40,62H,1-6H3. The third-order valence-electron chi connectivity index (χ3n) is 16.4. The Kier molecular flexibility index (Phi) is 8.70. The van der Waals surface area contributed by atoms with Gasteiger partial charge in [-0.15, -0.1) is 0 Å². The number of anilines is 5. The zero-order valence-corrected chi connectivity index (χ0v) is 40.7. The van der Waals surface area contributed by atoms with E-state index in [9.17, 15) is 0 Å². The van der Waals surface area contributed by atoms with Crippen LogP contribution >= 0.6 is 0 Å². The number of aryl methyl sites for hydroxylation is 1. The van der Waals surface area contributed by atoms with E-state index in [0.29, 0.717) is 0 Å². The lowest BCUT2D eigenvalue weighted by molar-refractivity contribution is 0.590. The number of benzene rings is 10. The lowest BCUT2D eigenvalue weighted by Crippen LogP contribution is -2.62. The molecule has 70 heavy (non-hydrogen) atoms. The van der Waals surface area contributed by atoms with Crippen LogP contribution in [0.15, 0.2) is 206 Å². The maximum atomic E-state index is 2.78. The second kappa shape index (κ2) is 14.8. The topological polar surface area (TPSA) is 6.48 Å². The van der Waals surface area contributed by atoms with Crippen LogP contribution in [0.4, 0.5) is 28.4 Å². The largest absolute Gasteiger partial charge is 0.376 e. The van der Waals surface area contributed by atoms with Crippen LogP contribution < -0.4 is 20.6 Å². The molecule has 0 N–H and O–H groups in total. The Morgan fingerprint density at radius 3 is 1.87 bits per heavy atom. The molecule has 2 aliphatic heterocycles. The molecule has 4 aliphatic rings. The summed E-state index contributed by atoms with van der Waals surface area (Å²) in [5.41, 5.74) is 28.3. The summed E-state index contributed by atoms with van der Waals surface area (Å²) in [5.74, 6) is 0.0487. The number of hydrogen-bond donors (Lipinski definition) is 0. The molecule has 0 unspecified atom stereocenters. The van der Waals surface area contributed by atoms with Gasteiger partial charge in [-0.3, -0.25) is 0 Å². The Labute approximate surface area is 412 Å². The van der Waals surface area contributed by atoms with Crippen LogP contribution in [0.5, 0.6) is 0 Å². The van der Waals surface area contributed by atoms with Crippen molar-refractivity contribution in [1.29, 1.82) is 0 Å². The molecule has 0 saturated heterocycles. The van der Waals surface area contributed by atoms with Gasteiger partial charge in [-0.05, 0) is 137 Å². The van der Waals surface area contributed by atoms with Gasteiger partial charge in [-0.25, -0.2) is 0 Å². The fraction of sp³-hybridized carbons (Fsp3) is 0.134. The first-order valence-corrected chi connectivity index (χ1v) is 25.1. The average Bonchev–Trinajstić information content (AvgIpc) is 3.83. The number of fused-ring (bicyclic) bond motifs is 12. The molecule has 0 amide bonds. The molecule has 0 atom stereocenters. The number of nitrogens with zero attached hydrogens (tertiary/aromatic N) is 2. The molecule has 0 bridgehead atoms. The van der Waals surface area contributed by atoms with E-state index >= 15 is 0 Å². The van der Waals surface area contributed by atoms with Crippen molar-refractivity contribution in [2.75, 3.05) is 9.71 Å². The summed E-state index contributed by atoms with van der Waals surface area (Å²) >= 11 is 0. The summed E-state index contributed by atoms with van der Waals surface area (Å²) in [4.78, 5) is 5.44. The summed E-state index contributed by atoms with van der Waals surface area (Å²) in [5, 5.41) is 2.52. The molecule has 0 spiro atoms. The Balaban J connectivity index is 1.16. The zero-order valence-electron chi connectivity index (χ0n) is 40.7. The van der Waals surface area contributed by atoms with Crippen LogP contribution in [0.2, 0.25) is 0 Å². The second-order valence-corrected chi connectivity index (χ2v) is 21.6. The van der Waals surface area contributed by atoms with Crippen molar-refractivity contribution in [3.8, 4) is 44.5 Å². The van der Waals surface area contributed by atoms with Crippen molar-refractivity contribution in [3.63, 3.8) is 0 Å². The van der Waals surface area contributed by atoms with Crippen molar-refractivity contribution in [3.05, 3.63) is 245 Å². The van der Waals surface area contributed by atoms with Crippen LogP contribution in [0, 0.1) is 6.92 Å². The average molecular weight is 897 g/mol. The Morgan fingerprint density at radius 1 is 0.471 bits per heavy atom.